The molecule has 0 amide bonds. The number of unbranched alkanes of at least 4 members (excludes halogenated alkanes) is 8. The zero-order valence-electron chi connectivity index (χ0n) is 74.5. The van der Waals surface area contributed by atoms with Gasteiger partial charge in [0.15, 0.2) is 0 Å². The fourth-order valence-corrected chi connectivity index (χ4v) is 17.2. The van der Waals surface area contributed by atoms with Gasteiger partial charge < -0.3 is 74.3 Å². The van der Waals surface area contributed by atoms with Gasteiger partial charge in [0.05, 0.1) is 21.1 Å². The molecule has 7 N–H and O–H groups in total. The van der Waals surface area contributed by atoms with E-state index in [1.807, 2.05) is 24.3 Å². The van der Waals surface area contributed by atoms with Gasteiger partial charge in [-0.15, -0.1) is 0 Å². The number of benzene rings is 4. The number of aryl methyl sites for hydroxylation is 4. The molecule has 17 nitrogen and oxygen atoms in total. The van der Waals surface area contributed by atoms with Crippen LogP contribution in [-0.4, -0.2) is 98.1 Å². The summed E-state index contributed by atoms with van der Waals surface area (Å²) in [7, 11) is 6.25. The fourth-order valence-electron chi connectivity index (χ4n) is 17.2. The van der Waals surface area contributed by atoms with Crippen molar-refractivity contribution in [2.45, 2.75) is 339 Å². The molecule has 9 atom stereocenters. The standard InChI is InChI=1S/4C21H30O2.C3H9N.4C2H4O2.Na.H3P/c4*1-5-6-7-8-15-12-18(22)20-16-11-14(2)9-10-17(16)21(3,4)23-19(20)13-15;1-4(2)3;4*1-2(3)4;;/h4*11-13,16-17,22H,5-10H2,1-4H3;1-3H3;4*1H3,(H,3,4);;1H3/q;;;;;;;;;+1;/p-1/t4*16-,17-;;;;;;;/m1111......./s1. The largest absolute Gasteiger partial charge is 1.00 e. The third-order valence-corrected chi connectivity index (χ3v) is 22.4. The monoisotopic (exact) mass is 1610 g/mol. The molecule has 0 aromatic heterocycles. The average Bonchev–Trinajstić information content (AvgIpc) is 0.765. The van der Waals surface area contributed by atoms with E-state index in [0.29, 0.717) is 46.7 Å². The predicted octanol–water partition coefficient (Wildman–Crippen LogP) is 16.5. The van der Waals surface area contributed by atoms with Gasteiger partial charge in [0, 0.05) is 95.4 Å². The van der Waals surface area contributed by atoms with Gasteiger partial charge >= 0.3 is 29.6 Å². The van der Waals surface area contributed by atoms with Gasteiger partial charge in [0.25, 0.3) is 11.9 Å². The fraction of sp³-hybridized carbons (Fsp3) is 0.621. The number of fused-ring (bicyclic) bond motifs is 12. The number of aromatic hydroxyl groups is 4. The number of hydrogen-bond acceptors (Lipinski definition) is 14. The van der Waals surface area contributed by atoms with Crippen LogP contribution < -0.4 is 63.6 Å². The first-order valence-corrected chi connectivity index (χ1v) is 41.7. The van der Waals surface area contributed by atoms with Crippen LogP contribution in [0.4, 0.5) is 0 Å². The van der Waals surface area contributed by atoms with Crippen molar-refractivity contribution < 1.29 is 113 Å². The molecule has 1 unspecified atom stereocenters. The summed E-state index contributed by atoms with van der Waals surface area (Å²) in [4.78, 5) is 37.2. The Morgan fingerprint density at radius 3 is 0.684 bits per heavy atom. The van der Waals surface area contributed by atoms with Crippen molar-refractivity contribution in [3.8, 4) is 46.0 Å². The molecular weight excluding hydrogens is 1460 g/mol. The zero-order valence-corrected chi connectivity index (χ0v) is 77.9. The second-order valence-corrected chi connectivity index (χ2v) is 35.0. The number of carbonyl (C=O) groups is 4. The number of carbonyl (C=O) groups excluding carboxylic acids is 2. The summed E-state index contributed by atoms with van der Waals surface area (Å²) >= 11 is 0. The Balaban J connectivity index is 0.000000474. The Kier molecular flexibility index (Phi) is 44.0. The second-order valence-electron chi connectivity index (χ2n) is 35.0. The van der Waals surface area contributed by atoms with Gasteiger partial charge in [-0.05, 0) is 270 Å². The van der Waals surface area contributed by atoms with Crippen LogP contribution in [-0.2, 0) is 44.9 Å². The molecule has 634 valence electrons. The number of quaternary nitrogens is 1. The van der Waals surface area contributed by atoms with Gasteiger partial charge in [-0.1, -0.05) is 126 Å². The molecule has 0 saturated heterocycles. The minimum Gasteiger partial charge on any atom is -0.550 e. The van der Waals surface area contributed by atoms with E-state index in [-0.39, 0.29) is 85.5 Å². The van der Waals surface area contributed by atoms with E-state index in [1.54, 1.807) is 0 Å². The molecule has 12 rings (SSSR count). The number of rotatable bonds is 16. The van der Waals surface area contributed by atoms with Crippen LogP contribution in [0.15, 0.2) is 95.1 Å². The molecule has 0 spiro atoms. The number of carboxylic acids is 4. The number of allylic oxidation sites excluding steroid dienone is 8. The van der Waals surface area contributed by atoms with Crippen molar-refractivity contribution >= 4 is 33.8 Å². The topological polar surface area (TPSA) is 277 Å². The summed E-state index contributed by atoms with van der Waals surface area (Å²) < 4.78 is 25.5. The Bertz CT molecular complexity index is 3360. The number of phenolic OH excluding ortho intramolecular Hbond substituents is 4. The van der Waals surface area contributed by atoms with E-state index in [2.05, 4.69) is 180 Å². The maximum absolute atomic E-state index is 10.7. The summed E-state index contributed by atoms with van der Waals surface area (Å²) in [6.45, 7) is 39.4. The van der Waals surface area contributed by atoms with Crippen LogP contribution in [0.25, 0.3) is 0 Å². The van der Waals surface area contributed by atoms with Gasteiger partial charge in [0.2, 0.25) is 0 Å². The Hall–Kier alpha value is -6.49. The van der Waals surface area contributed by atoms with Crippen molar-refractivity contribution in [1.82, 2.24) is 0 Å². The minimum atomic E-state index is -1.08. The van der Waals surface area contributed by atoms with Crippen molar-refractivity contribution in [1.29, 1.82) is 0 Å². The number of hydrogen-bond donors (Lipinski definition) is 7. The number of aliphatic carboxylic acids is 4. The molecule has 8 aliphatic rings. The molecule has 0 saturated carbocycles. The van der Waals surface area contributed by atoms with Gasteiger partial charge in [0.1, 0.15) is 68.4 Å². The van der Waals surface area contributed by atoms with Gasteiger partial charge in [-0.25, -0.2) is 0 Å². The van der Waals surface area contributed by atoms with E-state index in [4.69, 9.17) is 58.6 Å². The molecule has 4 aromatic rings. The van der Waals surface area contributed by atoms with Crippen molar-refractivity contribution in [3.05, 3.63) is 140 Å². The summed E-state index contributed by atoms with van der Waals surface area (Å²) in [5.74, 6) is 4.34. The quantitative estimate of drug-likeness (QED) is 0.0238. The summed E-state index contributed by atoms with van der Waals surface area (Å²) in [5, 5.41) is 75.3. The molecule has 0 bridgehead atoms. The SMILES string of the molecule is CC(=O)O.CC(=O)O.CC(=O)[O-].CC(=O)[O-].CCCCCc1cc(O)c2c(c1)OC(C)(C)[C@@H]1CCC(C)=C[C@@H]21.CCCCCc1cc(O)c2c(c1)OC(C)(C)[C@@H]1CCC(C)=C[C@@H]21.CCCCCc1cc(O)c2c(c1)OC(C)(C)[C@@H]1CCC(C)=C[C@@H]21.CCCCCc1cc(O)c2c(c1)OC(C)(C)[C@@H]1CCC(C)=C[C@@H]21.C[NH+](C)C.P.[Na+]. The van der Waals surface area contributed by atoms with Crippen LogP contribution in [0.2, 0.25) is 0 Å². The maximum Gasteiger partial charge on any atom is 1.00 e. The van der Waals surface area contributed by atoms with E-state index >= 15 is 0 Å². The van der Waals surface area contributed by atoms with E-state index in [1.165, 1.54) is 126 Å². The number of nitrogens with one attached hydrogen (secondary N) is 1. The van der Waals surface area contributed by atoms with Crippen LogP contribution in [0.3, 0.4) is 0 Å². The first kappa shape index (κ1) is 104. The van der Waals surface area contributed by atoms with E-state index in [0.717, 1.165) is 150 Å². The first-order valence-electron chi connectivity index (χ1n) is 41.7. The molecule has 4 aliphatic carbocycles. The number of ether oxygens (including phenoxy) is 4. The summed E-state index contributed by atoms with van der Waals surface area (Å²) in [5.41, 5.74) is 13.8. The molecule has 0 fully saturated rings. The average molecular weight is 1610 g/mol. The number of phenols is 4. The Labute approximate surface area is 711 Å². The summed E-state index contributed by atoms with van der Waals surface area (Å²) in [6.07, 6.45) is 37.1. The van der Waals surface area contributed by atoms with Crippen molar-refractivity contribution in [3.63, 3.8) is 0 Å². The van der Waals surface area contributed by atoms with Crippen LogP contribution >= 0.6 is 9.90 Å². The maximum atomic E-state index is 10.7. The Morgan fingerprint density at radius 1 is 0.377 bits per heavy atom. The molecule has 4 heterocycles. The first-order chi connectivity index (χ1) is 52.3. The predicted molar refractivity (Wildman–Crippen MR) is 459 cm³/mol. The van der Waals surface area contributed by atoms with E-state index in [9.17, 15) is 20.4 Å². The van der Waals surface area contributed by atoms with Crippen LogP contribution in [0, 0.1) is 23.7 Å². The smallest absolute Gasteiger partial charge is 0.550 e. The number of carboxylic acid groups (broad SMARTS) is 4. The van der Waals surface area contributed by atoms with Crippen LogP contribution in [0.5, 0.6) is 46.0 Å². The van der Waals surface area contributed by atoms with E-state index < -0.39 is 23.9 Å². The second kappa shape index (κ2) is 48.4. The Morgan fingerprint density at radius 2 is 0.535 bits per heavy atom. The van der Waals surface area contributed by atoms with Crippen LogP contribution in [0.1, 0.15) is 335 Å². The van der Waals surface area contributed by atoms with Crippen molar-refractivity contribution in [2.24, 2.45) is 23.7 Å². The normalized spacial score (nSPS) is 21.5. The molecule has 19 heteroatoms. The van der Waals surface area contributed by atoms with Crippen molar-refractivity contribution in [2.75, 3.05) is 21.1 Å². The minimum absolute atomic E-state index is 0. The van der Waals surface area contributed by atoms with Gasteiger partial charge in [-0.2, -0.15) is 9.90 Å². The molecule has 4 aromatic carbocycles. The third kappa shape index (κ3) is 32.1. The summed E-state index contributed by atoms with van der Waals surface area (Å²) in [6, 6.07) is 16.5. The molecule has 4 aliphatic heterocycles. The molecule has 114 heavy (non-hydrogen) atoms. The van der Waals surface area contributed by atoms with Gasteiger partial charge in [-0.3, -0.25) is 9.59 Å². The zero-order chi connectivity index (χ0) is 84.3. The third-order valence-electron chi connectivity index (χ3n) is 22.4. The molecular formula is C95H147NNaO16P. The molecule has 0 radical (unpaired) electrons.